The Morgan fingerprint density at radius 1 is 1.50 bits per heavy atom. The van der Waals surface area contributed by atoms with Gasteiger partial charge in [0.05, 0.1) is 15.6 Å². The van der Waals surface area contributed by atoms with E-state index in [-0.39, 0.29) is 16.6 Å². The number of nitrogen functional groups attached to an aromatic ring is 1. The van der Waals surface area contributed by atoms with Crippen molar-refractivity contribution in [2.45, 2.75) is 17.9 Å². The Kier molecular flexibility index (Phi) is 5.33. The smallest absolute Gasteiger partial charge is 0.243 e. The SMILES string of the molecule is CSCC(C)N(C)S(=O)(=O)c1ccc(Cl)c(N)c1. The summed E-state index contributed by atoms with van der Waals surface area (Å²) < 4.78 is 26.0. The van der Waals surface area contributed by atoms with E-state index in [2.05, 4.69) is 0 Å². The highest BCUT2D eigenvalue weighted by Gasteiger charge is 2.25. The van der Waals surface area contributed by atoms with Crippen LogP contribution >= 0.6 is 23.4 Å². The first-order chi connectivity index (χ1) is 8.30. The van der Waals surface area contributed by atoms with E-state index in [1.165, 1.54) is 22.5 Å². The third-order valence-electron chi connectivity index (χ3n) is 2.67. The molecule has 0 aliphatic rings. The van der Waals surface area contributed by atoms with Crippen LogP contribution in [0.5, 0.6) is 0 Å². The molecule has 0 saturated carbocycles. The van der Waals surface area contributed by atoms with Crippen LogP contribution in [0.25, 0.3) is 0 Å². The fraction of sp³-hybridized carbons (Fsp3) is 0.455. The third kappa shape index (κ3) is 3.32. The summed E-state index contributed by atoms with van der Waals surface area (Å²) in [4.78, 5) is 0.167. The number of anilines is 1. The lowest BCUT2D eigenvalue weighted by atomic mass is 10.3. The summed E-state index contributed by atoms with van der Waals surface area (Å²) >= 11 is 7.39. The van der Waals surface area contributed by atoms with Gasteiger partial charge in [-0.2, -0.15) is 16.1 Å². The molecule has 0 fully saturated rings. The van der Waals surface area contributed by atoms with Crippen molar-refractivity contribution in [2.75, 3.05) is 24.8 Å². The monoisotopic (exact) mass is 308 g/mol. The minimum atomic E-state index is -3.52. The average molecular weight is 309 g/mol. The standard InChI is InChI=1S/C11H17ClN2O2S2/c1-8(7-17-3)14(2)18(15,16)9-4-5-10(12)11(13)6-9/h4-6,8H,7,13H2,1-3H3. The van der Waals surface area contributed by atoms with E-state index in [1.54, 1.807) is 18.8 Å². The summed E-state index contributed by atoms with van der Waals surface area (Å²) in [5.41, 5.74) is 5.90. The van der Waals surface area contributed by atoms with Gasteiger partial charge in [-0.15, -0.1) is 0 Å². The van der Waals surface area contributed by atoms with Gasteiger partial charge < -0.3 is 5.73 Å². The van der Waals surface area contributed by atoms with Crippen molar-refractivity contribution < 1.29 is 8.42 Å². The number of hydrogen-bond acceptors (Lipinski definition) is 4. The van der Waals surface area contributed by atoms with Crippen molar-refractivity contribution >= 4 is 39.1 Å². The Labute approximate surface area is 118 Å². The number of nitrogens with zero attached hydrogens (tertiary/aromatic N) is 1. The van der Waals surface area contributed by atoms with Crippen LogP contribution < -0.4 is 5.73 Å². The van der Waals surface area contributed by atoms with Gasteiger partial charge in [0.1, 0.15) is 0 Å². The van der Waals surface area contributed by atoms with Crippen LogP contribution in [-0.4, -0.2) is 37.8 Å². The third-order valence-corrected chi connectivity index (χ3v) is 5.80. The van der Waals surface area contributed by atoms with Gasteiger partial charge in [0, 0.05) is 18.8 Å². The average Bonchev–Trinajstić information content (AvgIpc) is 2.31. The van der Waals surface area contributed by atoms with Crippen LogP contribution in [-0.2, 0) is 10.0 Å². The Bertz CT molecular complexity index is 520. The first-order valence-corrected chi connectivity index (χ1v) is 8.54. The van der Waals surface area contributed by atoms with Gasteiger partial charge in [-0.1, -0.05) is 11.6 Å². The van der Waals surface area contributed by atoms with Crippen molar-refractivity contribution in [1.82, 2.24) is 4.31 Å². The second kappa shape index (κ2) is 6.14. The molecular formula is C11H17ClN2O2S2. The first kappa shape index (κ1) is 15.6. The van der Waals surface area contributed by atoms with Gasteiger partial charge in [-0.05, 0) is 31.4 Å². The van der Waals surface area contributed by atoms with Gasteiger partial charge >= 0.3 is 0 Å². The van der Waals surface area contributed by atoms with Crippen LogP contribution in [0, 0.1) is 0 Å². The number of benzene rings is 1. The largest absolute Gasteiger partial charge is 0.397 e. The van der Waals surface area contributed by atoms with E-state index in [0.29, 0.717) is 5.02 Å². The molecule has 1 unspecified atom stereocenters. The summed E-state index contributed by atoms with van der Waals surface area (Å²) in [6.45, 7) is 1.87. The lowest BCUT2D eigenvalue weighted by Gasteiger charge is -2.23. The molecule has 0 aliphatic heterocycles. The second-order valence-electron chi connectivity index (χ2n) is 4.01. The number of sulfonamides is 1. The molecule has 1 rings (SSSR count). The molecule has 18 heavy (non-hydrogen) atoms. The molecule has 0 amide bonds. The zero-order chi connectivity index (χ0) is 13.9. The van der Waals surface area contributed by atoms with E-state index in [4.69, 9.17) is 17.3 Å². The Hall–Kier alpha value is -0.430. The molecule has 0 saturated heterocycles. The quantitative estimate of drug-likeness (QED) is 0.848. The molecule has 0 aliphatic carbocycles. The number of hydrogen-bond donors (Lipinski definition) is 1. The van der Waals surface area contributed by atoms with E-state index in [1.807, 2.05) is 13.2 Å². The lowest BCUT2D eigenvalue weighted by Crippen LogP contribution is -2.36. The van der Waals surface area contributed by atoms with Crippen LogP contribution in [0.15, 0.2) is 23.1 Å². The van der Waals surface area contributed by atoms with Crippen molar-refractivity contribution in [1.29, 1.82) is 0 Å². The lowest BCUT2D eigenvalue weighted by molar-refractivity contribution is 0.415. The molecule has 1 aromatic carbocycles. The van der Waals surface area contributed by atoms with Gasteiger partial charge in [0.15, 0.2) is 0 Å². The van der Waals surface area contributed by atoms with Gasteiger partial charge in [-0.25, -0.2) is 8.42 Å². The maximum Gasteiger partial charge on any atom is 0.243 e. The van der Waals surface area contributed by atoms with Gasteiger partial charge in [0.25, 0.3) is 0 Å². The van der Waals surface area contributed by atoms with Crippen LogP contribution in [0.3, 0.4) is 0 Å². The number of rotatable bonds is 5. The molecule has 0 aromatic heterocycles. The molecule has 0 heterocycles. The predicted octanol–water partition coefficient (Wildman–Crippen LogP) is 2.29. The van der Waals surface area contributed by atoms with E-state index < -0.39 is 10.0 Å². The van der Waals surface area contributed by atoms with Crippen molar-refractivity contribution in [3.05, 3.63) is 23.2 Å². The molecular weight excluding hydrogens is 292 g/mol. The summed E-state index contributed by atoms with van der Waals surface area (Å²) in [5, 5.41) is 0.355. The topological polar surface area (TPSA) is 63.4 Å². The number of thioether (sulfide) groups is 1. The molecule has 2 N–H and O–H groups in total. The summed E-state index contributed by atoms with van der Waals surface area (Å²) in [5.74, 6) is 0.735. The summed E-state index contributed by atoms with van der Waals surface area (Å²) in [6.07, 6.45) is 1.94. The molecule has 102 valence electrons. The van der Waals surface area contributed by atoms with Gasteiger partial charge in [-0.3, -0.25) is 0 Å². The highest BCUT2D eigenvalue weighted by molar-refractivity contribution is 7.98. The Morgan fingerprint density at radius 3 is 2.61 bits per heavy atom. The van der Waals surface area contributed by atoms with E-state index in [9.17, 15) is 8.42 Å². The Balaban J connectivity index is 3.09. The maximum atomic E-state index is 12.3. The van der Waals surface area contributed by atoms with E-state index in [0.717, 1.165) is 5.75 Å². The number of halogens is 1. The Morgan fingerprint density at radius 2 is 2.11 bits per heavy atom. The summed E-state index contributed by atoms with van der Waals surface area (Å²) in [7, 11) is -1.95. The summed E-state index contributed by atoms with van der Waals surface area (Å²) in [6, 6.07) is 4.27. The van der Waals surface area contributed by atoms with Crippen molar-refractivity contribution in [3.63, 3.8) is 0 Å². The molecule has 0 bridgehead atoms. The van der Waals surface area contributed by atoms with Crippen LogP contribution in [0.1, 0.15) is 6.92 Å². The van der Waals surface area contributed by atoms with E-state index >= 15 is 0 Å². The highest BCUT2D eigenvalue weighted by Crippen LogP contribution is 2.25. The van der Waals surface area contributed by atoms with Crippen LogP contribution in [0.2, 0.25) is 5.02 Å². The molecule has 0 radical (unpaired) electrons. The van der Waals surface area contributed by atoms with Crippen molar-refractivity contribution in [2.24, 2.45) is 0 Å². The normalized spacial score (nSPS) is 13.8. The molecule has 1 aromatic rings. The minimum Gasteiger partial charge on any atom is -0.397 e. The highest BCUT2D eigenvalue weighted by atomic mass is 35.5. The molecule has 7 heteroatoms. The molecule has 4 nitrogen and oxygen atoms in total. The number of nitrogens with two attached hydrogens (primary N) is 1. The van der Waals surface area contributed by atoms with Crippen molar-refractivity contribution in [3.8, 4) is 0 Å². The minimum absolute atomic E-state index is 0.0816. The zero-order valence-corrected chi connectivity index (χ0v) is 12.9. The van der Waals surface area contributed by atoms with Gasteiger partial charge in [0.2, 0.25) is 10.0 Å². The zero-order valence-electron chi connectivity index (χ0n) is 10.6. The second-order valence-corrected chi connectivity index (χ2v) is 7.32. The fourth-order valence-corrected chi connectivity index (χ4v) is 3.75. The first-order valence-electron chi connectivity index (χ1n) is 5.32. The maximum absolute atomic E-state index is 12.3. The van der Waals surface area contributed by atoms with Crippen LogP contribution in [0.4, 0.5) is 5.69 Å². The molecule has 0 spiro atoms. The molecule has 1 atom stereocenters. The predicted molar refractivity (Wildman–Crippen MR) is 78.7 cm³/mol. The fourth-order valence-electron chi connectivity index (χ4n) is 1.43.